The Morgan fingerprint density at radius 1 is 1.44 bits per heavy atom. The van der Waals surface area contributed by atoms with Gasteiger partial charge in [-0.2, -0.15) is 0 Å². The van der Waals surface area contributed by atoms with Crippen molar-refractivity contribution in [2.45, 2.75) is 18.8 Å². The number of amides is 1. The van der Waals surface area contributed by atoms with Gasteiger partial charge in [0.1, 0.15) is 5.75 Å². The second-order valence-corrected chi connectivity index (χ2v) is 4.57. The number of hydrogen-bond donors (Lipinski definition) is 2. The van der Waals surface area contributed by atoms with Gasteiger partial charge < -0.3 is 15.4 Å². The average Bonchev–Trinajstić information content (AvgIpc) is 2.46. The van der Waals surface area contributed by atoms with Crippen molar-refractivity contribution in [2.75, 3.05) is 26.7 Å². The van der Waals surface area contributed by atoms with E-state index < -0.39 is 0 Å². The van der Waals surface area contributed by atoms with Gasteiger partial charge in [0.05, 0.1) is 0 Å². The Morgan fingerprint density at radius 3 is 2.83 bits per heavy atom. The van der Waals surface area contributed by atoms with E-state index in [1.54, 1.807) is 7.05 Å². The quantitative estimate of drug-likeness (QED) is 0.844. The summed E-state index contributed by atoms with van der Waals surface area (Å²) in [6.07, 6.45) is 2.48. The highest BCUT2D eigenvalue weighted by Gasteiger charge is 2.14. The molecule has 1 heterocycles. The SMILES string of the molecule is CNC(=O)COc1ccc(C2CCCNC2)cc1. The molecule has 1 saturated heterocycles. The summed E-state index contributed by atoms with van der Waals surface area (Å²) in [4.78, 5) is 11.1. The molecule has 2 rings (SSSR count). The second kappa shape index (κ2) is 6.40. The predicted octanol–water partition coefficient (Wildman–Crippen LogP) is 1.28. The van der Waals surface area contributed by atoms with Crippen LogP contribution in [0.1, 0.15) is 24.3 Å². The van der Waals surface area contributed by atoms with Gasteiger partial charge in [-0.1, -0.05) is 12.1 Å². The zero-order valence-corrected chi connectivity index (χ0v) is 10.7. The predicted molar refractivity (Wildman–Crippen MR) is 70.8 cm³/mol. The molecule has 1 aromatic rings. The van der Waals surface area contributed by atoms with Gasteiger partial charge in [0.15, 0.2) is 6.61 Å². The molecule has 0 bridgehead atoms. The highest BCUT2D eigenvalue weighted by Crippen LogP contribution is 2.24. The maximum Gasteiger partial charge on any atom is 0.257 e. The lowest BCUT2D eigenvalue weighted by molar-refractivity contribution is -0.122. The Balaban J connectivity index is 1.90. The number of carbonyl (C=O) groups excluding carboxylic acids is 1. The van der Waals surface area contributed by atoms with E-state index in [1.807, 2.05) is 12.1 Å². The number of piperidine rings is 1. The fraction of sp³-hybridized carbons (Fsp3) is 0.500. The lowest BCUT2D eigenvalue weighted by atomic mass is 9.92. The minimum absolute atomic E-state index is 0.0703. The lowest BCUT2D eigenvalue weighted by Crippen LogP contribution is -2.28. The monoisotopic (exact) mass is 248 g/mol. The molecule has 0 radical (unpaired) electrons. The van der Waals surface area contributed by atoms with Crippen molar-refractivity contribution in [3.05, 3.63) is 29.8 Å². The number of ether oxygens (including phenoxy) is 1. The van der Waals surface area contributed by atoms with E-state index in [1.165, 1.54) is 18.4 Å². The molecule has 4 nitrogen and oxygen atoms in total. The molecular weight excluding hydrogens is 228 g/mol. The summed E-state index contributed by atoms with van der Waals surface area (Å²) < 4.78 is 5.37. The third-order valence-electron chi connectivity index (χ3n) is 3.30. The van der Waals surface area contributed by atoms with Crippen LogP contribution in [0.4, 0.5) is 0 Å². The Hall–Kier alpha value is -1.55. The fourth-order valence-electron chi connectivity index (χ4n) is 2.19. The average molecular weight is 248 g/mol. The molecule has 1 fully saturated rings. The van der Waals surface area contributed by atoms with Crippen LogP contribution in [0.5, 0.6) is 5.75 Å². The standard InChI is InChI=1S/C14H20N2O2/c1-15-14(17)10-18-13-6-4-11(5-7-13)12-3-2-8-16-9-12/h4-7,12,16H,2-3,8-10H2,1H3,(H,15,17). The molecule has 1 aromatic carbocycles. The first-order valence-corrected chi connectivity index (χ1v) is 6.43. The van der Waals surface area contributed by atoms with Crippen molar-refractivity contribution in [2.24, 2.45) is 0 Å². The topological polar surface area (TPSA) is 50.4 Å². The van der Waals surface area contributed by atoms with Gasteiger partial charge >= 0.3 is 0 Å². The molecule has 1 amide bonds. The minimum Gasteiger partial charge on any atom is -0.484 e. The molecule has 98 valence electrons. The van der Waals surface area contributed by atoms with Crippen LogP contribution in [0.15, 0.2) is 24.3 Å². The maximum atomic E-state index is 11.1. The first kappa shape index (κ1) is 12.9. The van der Waals surface area contributed by atoms with Gasteiger partial charge in [-0.3, -0.25) is 4.79 Å². The zero-order valence-electron chi connectivity index (χ0n) is 10.7. The number of carbonyl (C=O) groups is 1. The summed E-state index contributed by atoms with van der Waals surface area (Å²) >= 11 is 0. The number of hydrogen-bond acceptors (Lipinski definition) is 3. The van der Waals surface area contributed by atoms with E-state index in [0.29, 0.717) is 5.92 Å². The van der Waals surface area contributed by atoms with Crippen LogP contribution >= 0.6 is 0 Å². The molecule has 2 N–H and O–H groups in total. The van der Waals surface area contributed by atoms with Crippen LogP contribution in [-0.2, 0) is 4.79 Å². The summed E-state index contributed by atoms with van der Waals surface area (Å²) in [6, 6.07) is 8.06. The summed E-state index contributed by atoms with van der Waals surface area (Å²) in [5.74, 6) is 1.23. The molecule has 0 aliphatic carbocycles. The number of rotatable bonds is 4. The smallest absolute Gasteiger partial charge is 0.257 e. The summed E-state index contributed by atoms with van der Waals surface area (Å²) in [5.41, 5.74) is 1.34. The Labute approximate surface area is 108 Å². The van der Waals surface area contributed by atoms with Gasteiger partial charge in [-0.05, 0) is 43.0 Å². The summed E-state index contributed by atoms with van der Waals surface area (Å²) in [5, 5.41) is 5.94. The first-order chi connectivity index (χ1) is 8.79. The van der Waals surface area contributed by atoms with Crippen molar-refractivity contribution in [1.29, 1.82) is 0 Å². The molecule has 0 spiro atoms. The first-order valence-electron chi connectivity index (χ1n) is 6.43. The molecule has 18 heavy (non-hydrogen) atoms. The van der Waals surface area contributed by atoms with Crippen molar-refractivity contribution in [3.8, 4) is 5.75 Å². The molecule has 1 unspecified atom stereocenters. The van der Waals surface area contributed by atoms with Gasteiger partial charge in [-0.15, -0.1) is 0 Å². The maximum absolute atomic E-state index is 11.1. The van der Waals surface area contributed by atoms with Gasteiger partial charge in [0.25, 0.3) is 5.91 Å². The van der Waals surface area contributed by atoms with E-state index in [9.17, 15) is 4.79 Å². The van der Waals surface area contributed by atoms with Crippen LogP contribution in [0.2, 0.25) is 0 Å². The summed E-state index contributed by atoms with van der Waals surface area (Å²) in [6.45, 7) is 2.25. The van der Waals surface area contributed by atoms with Gasteiger partial charge in [0, 0.05) is 13.6 Å². The minimum atomic E-state index is -0.115. The van der Waals surface area contributed by atoms with E-state index in [-0.39, 0.29) is 12.5 Å². The molecule has 4 heteroatoms. The molecule has 1 aliphatic rings. The van der Waals surface area contributed by atoms with Crippen LogP contribution in [-0.4, -0.2) is 32.7 Å². The van der Waals surface area contributed by atoms with Crippen LogP contribution in [0.3, 0.4) is 0 Å². The van der Waals surface area contributed by atoms with Crippen molar-refractivity contribution in [1.82, 2.24) is 10.6 Å². The lowest BCUT2D eigenvalue weighted by Gasteiger charge is -2.23. The van der Waals surface area contributed by atoms with Crippen LogP contribution < -0.4 is 15.4 Å². The normalized spacial score (nSPS) is 19.3. The molecular formula is C14H20N2O2. The van der Waals surface area contributed by atoms with E-state index >= 15 is 0 Å². The largest absolute Gasteiger partial charge is 0.484 e. The number of nitrogens with one attached hydrogen (secondary N) is 2. The zero-order chi connectivity index (χ0) is 12.8. The Morgan fingerprint density at radius 2 is 2.22 bits per heavy atom. The number of benzene rings is 1. The third-order valence-corrected chi connectivity index (χ3v) is 3.30. The Bertz CT molecular complexity index is 383. The fourth-order valence-corrected chi connectivity index (χ4v) is 2.19. The van der Waals surface area contributed by atoms with Crippen molar-refractivity contribution < 1.29 is 9.53 Å². The molecule has 0 aromatic heterocycles. The molecule has 1 aliphatic heterocycles. The summed E-state index contributed by atoms with van der Waals surface area (Å²) in [7, 11) is 1.60. The van der Waals surface area contributed by atoms with E-state index in [4.69, 9.17) is 4.74 Å². The highest BCUT2D eigenvalue weighted by molar-refractivity contribution is 5.77. The second-order valence-electron chi connectivity index (χ2n) is 4.57. The third kappa shape index (κ3) is 3.47. The van der Waals surface area contributed by atoms with E-state index in [2.05, 4.69) is 22.8 Å². The van der Waals surface area contributed by atoms with Crippen molar-refractivity contribution in [3.63, 3.8) is 0 Å². The van der Waals surface area contributed by atoms with Crippen LogP contribution in [0.25, 0.3) is 0 Å². The molecule has 1 atom stereocenters. The molecule has 0 saturated carbocycles. The van der Waals surface area contributed by atoms with E-state index in [0.717, 1.165) is 18.8 Å². The Kier molecular flexibility index (Phi) is 4.59. The highest BCUT2D eigenvalue weighted by atomic mass is 16.5. The van der Waals surface area contributed by atoms with Gasteiger partial charge in [0.2, 0.25) is 0 Å². The van der Waals surface area contributed by atoms with Crippen LogP contribution in [0, 0.1) is 0 Å². The number of likely N-dealkylation sites (N-methyl/N-ethyl adjacent to an activating group) is 1. The van der Waals surface area contributed by atoms with Crippen molar-refractivity contribution >= 4 is 5.91 Å². The van der Waals surface area contributed by atoms with Gasteiger partial charge in [-0.25, -0.2) is 0 Å².